The van der Waals surface area contributed by atoms with E-state index < -0.39 is 0 Å². The predicted octanol–water partition coefficient (Wildman–Crippen LogP) is 1.60. The van der Waals surface area contributed by atoms with Crippen molar-refractivity contribution in [2.24, 2.45) is 11.8 Å². The highest BCUT2D eigenvalue weighted by atomic mass is 35.5. The van der Waals surface area contributed by atoms with Crippen molar-refractivity contribution in [2.45, 2.75) is 25.3 Å². The third kappa shape index (κ3) is 5.60. The number of carbonyl (C=O) groups excluding carboxylic acids is 1. The molecule has 2 fully saturated rings. The summed E-state index contributed by atoms with van der Waals surface area (Å²) in [5.41, 5.74) is 1.25. The molecule has 0 spiro atoms. The van der Waals surface area contributed by atoms with Gasteiger partial charge in [-0.1, -0.05) is 0 Å². The van der Waals surface area contributed by atoms with Crippen molar-refractivity contribution in [3.8, 4) is 0 Å². The Labute approximate surface area is 149 Å². The first-order valence-electron chi connectivity index (χ1n) is 7.80. The summed E-state index contributed by atoms with van der Waals surface area (Å²) in [6.07, 6.45) is 6.43. The summed E-state index contributed by atoms with van der Waals surface area (Å²) in [7, 11) is 0. The van der Waals surface area contributed by atoms with Gasteiger partial charge in [-0.05, 0) is 50.0 Å². The minimum Gasteiger partial charge on any atom is -0.379 e. The molecule has 0 saturated carbocycles. The number of hydrogen-bond acceptors (Lipinski definition) is 4. The topological polar surface area (TPSA) is 63.2 Å². The van der Waals surface area contributed by atoms with E-state index in [1.54, 1.807) is 0 Å². The quantitative estimate of drug-likeness (QED) is 0.854. The number of carbonyl (C=O) groups is 1. The van der Waals surface area contributed by atoms with Crippen molar-refractivity contribution < 1.29 is 9.53 Å². The van der Waals surface area contributed by atoms with Gasteiger partial charge >= 0.3 is 0 Å². The smallest absolute Gasteiger partial charge is 0.223 e. The summed E-state index contributed by atoms with van der Waals surface area (Å²) in [5, 5.41) is 6.51. The molecule has 2 saturated heterocycles. The number of halogens is 2. The van der Waals surface area contributed by atoms with E-state index in [0.29, 0.717) is 12.5 Å². The number of hydrogen-bond donors (Lipinski definition) is 2. The fourth-order valence-electron chi connectivity index (χ4n) is 3.17. The van der Waals surface area contributed by atoms with Crippen molar-refractivity contribution in [1.82, 2.24) is 15.6 Å². The van der Waals surface area contributed by atoms with Crippen molar-refractivity contribution >= 4 is 30.7 Å². The molecule has 1 aromatic rings. The highest BCUT2D eigenvalue weighted by Gasteiger charge is 2.31. The molecule has 0 unspecified atom stereocenters. The molecule has 2 atom stereocenters. The summed E-state index contributed by atoms with van der Waals surface area (Å²) in [6, 6.07) is 4.20. The van der Waals surface area contributed by atoms with Crippen LogP contribution in [0.4, 0.5) is 0 Å². The second-order valence-corrected chi connectivity index (χ2v) is 6.00. The maximum absolute atomic E-state index is 12.3. The van der Waals surface area contributed by atoms with Crippen LogP contribution in [0.5, 0.6) is 0 Å². The zero-order chi connectivity index (χ0) is 14.5. The minimum atomic E-state index is 0. The van der Waals surface area contributed by atoms with Crippen LogP contribution in [-0.4, -0.2) is 43.2 Å². The molecule has 1 amide bonds. The molecule has 7 heteroatoms. The first kappa shape index (κ1) is 20.2. The monoisotopic (exact) mass is 361 g/mol. The van der Waals surface area contributed by atoms with Crippen molar-refractivity contribution in [2.75, 3.05) is 26.3 Å². The van der Waals surface area contributed by atoms with Crippen LogP contribution < -0.4 is 10.6 Å². The van der Waals surface area contributed by atoms with Crippen LogP contribution in [0, 0.1) is 11.8 Å². The lowest BCUT2D eigenvalue weighted by atomic mass is 9.93. The Balaban J connectivity index is 0.00000132. The molecule has 3 heterocycles. The van der Waals surface area contributed by atoms with Crippen LogP contribution in [0.2, 0.25) is 0 Å². The minimum absolute atomic E-state index is 0. The van der Waals surface area contributed by atoms with Gasteiger partial charge in [-0.25, -0.2) is 0 Å². The van der Waals surface area contributed by atoms with Crippen LogP contribution in [0.1, 0.15) is 18.4 Å². The van der Waals surface area contributed by atoms with Gasteiger partial charge in [0, 0.05) is 24.2 Å². The predicted molar refractivity (Wildman–Crippen MR) is 94.3 cm³/mol. The Bertz CT molecular complexity index is 470. The number of ether oxygens (including phenoxy) is 1. The zero-order valence-electron chi connectivity index (χ0n) is 13.1. The molecule has 1 aromatic heterocycles. The maximum Gasteiger partial charge on any atom is 0.223 e. The van der Waals surface area contributed by atoms with Crippen LogP contribution in [-0.2, 0) is 16.0 Å². The van der Waals surface area contributed by atoms with Crippen LogP contribution in [0.25, 0.3) is 0 Å². The summed E-state index contributed by atoms with van der Waals surface area (Å²) in [5.74, 6) is 0.721. The Kier molecular flexibility index (Phi) is 8.84. The summed E-state index contributed by atoms with van der Waals surface area (Å²) in [4.78, 5) is 16.4. The fraction of sp³-hybridized carbons (Fsp3) is 0.625. The van der Waals surface area contributed by atoms with Gasteiger partial charge in [0.1, 0.15) is 0 Å². The number of rotatable bonds is 4. The molecular weight excluding hydrogens is 337 g/mol. The van der Waals surface area contributed by atoms with E-state index in [1.807, 2.05) is 24.5 Å². The zero-order valence-corrected chi connectivity index (χ0v) is 14.7. The van der Waals surface area contributed by atoms with Gasteiger partial charge in [0.25, 0.3) is 0 Å². The van der Waals surface area contributed by atoms with E-state index in [-0.39, 0.29) is 42.7 Å². The van der Waals surface area contributed by atoms with Crippen LogP contribution >= 0.6 is 24.8 Å². The summed E-state index contributed by atoms with van der Waals surface area (Å²) >= 11 is 0. The molecule has 0 aliphatic carbocycles. The van der Waals surface area contributed by atoms with Gasteiger partial charge in [0.05, 0.1) is 19.3 Å². The first-order chi connectivity index (χ1) is 10.3. The van der Waals surface area contributed by atoms with E-state index in [0.717, 1.165) is 39.0 Å². The largest absolute Gasteiger partial charge is 0.379 e. The third-order valence-corrected chi connectivity index (χ3v) is 4.48. The van der Waals surface area contributed by atoms with E-state index >= 15 is 0 Å². The highest BCUT2D eigenvalue weighted by Crippen LogP contribution is 2.20. The molecule has 3 rings (SSSR count). The molecule has 2 aliphatic heterocycles. The van der Waals surface area contributed by atoms with E-state index in [4.69, 9.17) is 4.74 Å². The first-order valence-corrected chi connectivity index (χ1v) is 7.80. The Hall–Kier alpha value is -0.880. The number of nitrogens with one attached hydrogen (secondary N) is 2. The molecule has 5 nitrogen and oxygen atoms in total. The lowest BCUT2D eigenvalue weighted by Crippen LogP contribution is -2.45. The summed E-state index contributed by atoms with van der Waals surface area (Å²) < 4.78 is 5.59. The van der Waals surface area contributed by atoms with Crippen molar-refractivity contribution in [3.63, 3.8) is 0 Å². The van der Waals surface area contributed by atoms with Crippen molar-refractivity contribution in [3.05, 3.63) is 30.1 Å². The molecule has 2 aliphatic rings. The van der Waals surface area contributed by atoms with Crippen LogP contribution in [0.3, 0.4) is 0 Å². The van der Waals surface area contributed by atoms with E-state index in [2.05, 4.69) is 15.6 Å². The Morgan fingerprint density at radius 2 is 1.91 bits per heavy atom. The lowest BCUT2D eigenvalue weighted by Gasteiger charge is -2.25. The average Bonchev–Trinajstić information content (AvgIpc) is 2.96. The van der Waals surface area contributed by atoms with E-state index in [9.17, 15) is 4.79 Å². The molecular formula is C16H25Cl2N3O2. The number of pyridine rings is 1. The number of amides is 1. The van der Waals surface area contributed by atoms with Crippen LogP contribution in [0.15, 0.2) is 24.5 Å². The Morgan fingerprint density at radius 3 is 2.61 bits per heavy atom. The molecule has 2 N–H and O–H groups in total. The molecule has 23 heavy (non-hydrogen) atoms. The average molecular weight is 362 g/mol. The highest BCUT2D eigenvalue weighted by molar-refractivity contribution is 5.85. The number of piperidine rings is 1. The van der Waals surface area contributed by atoms with Gasteiger partial charge < -0.3 is 15.4 Å². The standard InChI is InChI=1S/C16H23N3O2.2ClH/c20-16(13-3-7-18-8-4-13)19-15-11-21-10-14(15)9-12-1-5-17-6-2-12;;/h1-2,5-6,13-15,18H,3-4,7-11H2,(H,19,20);2*1H/t14-,15+;;/m1../s1. The van der Waals surface area contributed by atoms with E-state index in [1.165, 1.54) is 5.56 Å². The molecule has 0 radical (unpaired) electrons. The van der Waals surface area contributed by atoms with Gasteiger partial charge in [-0.15, -0.1) is 24.8 Å². The lowest BCUT2D eigenvalue weighted by molar-refractivity contribution is -0.126. The van der Waals surface area contributed by atoms with Gasteiger partial charge in [-0.2, -0.15) is 0 Å². The van der Waals surface area contributed by atoms with Crippen molar-refractivity contribution in [1.29, 1.82) is 0 Å². The molecule has 0 aromatic carbocycles. The second-order valence-electron chi connectivity index (χ2n) is 6.00. The summed E-state index contributed by atoms with van der Waals surface area (Å²) in [6.45, 7) is 3.24. The third-order valence-electron chi connectivity index (χ3n) is 4.48. The van der Waals surface area contributed by atoms with Gasteiger partial charge in [0.15, 0.2) is 0 Å². The number of aromatic nitrogens is 1. The Morgan fingerprint density at radius 1 is 1.22 bits per heavy atom. The second kappa shape index (κ2) is 10.1. The SMILES string of the molecule is Cl.Cl.O=C(N[C@H]1COC[C@H]1Cc1ccncc1)C1CCNCC1. The number of nitrogens with zero attached hydrogens (tertiary/aromatic N) is 1. The normalized spacial score (nSPS) is 24.3. The maximum atomic E-state index is 12.3. The molecule has 130 valence electrons. The fourth-order valence-corrected chi connectivity index (χ4v) is 3.17. The van der Waals surface area contributed by atoms with Gasteiger partial charge in [0.2, 0.25) is 5.91 Å². The van der Waals surface area contributed by atoms with Gasteiger partial charge in [-0.3, -0.25) is 9.78 Å². The molecule has 0 bridgehead atoms.